The molecule has 2 amide bonds. The maximum Gasteiger partial charge on any atom is 0.319 e. The fraction of sp³-hybridized carbons (Fsp3) is 0.294. The van der Waals surface area contributed by atoms with Gasteiger partial charge in [0.25, 0.3) is 0 Å². The van der Waals surface area contributed by atoms with E-state index < -0.39 is 11.8 Å². The predicted molar refractivity (Wildman–Crippen MR) is 84.6 cm³/mol. The van der Waals surface area contributed by atoms with Crippen molar-refractivity contribution in [2.75, 3.05) is 18.5 Å². The molecule has 120 valence electrons. The number of pyridine rings is 1. The lowest BCUT2D eigenvalue weighted by Crippen LogP contribution is -2.43. The Balaban J connectivity index is 1.58. The van der Waals surface area contributed by atoms with Gasteiger partial charge in [0.2, 0.25) is 0 Å². The van der Waals surface area contributed by atoms with Gasteiger partial charge in [0.05, 0.1) is 24.9 Å². The molecule has 1 aliphatic rings. The van der Waals surface area contributed by atoms with Crippen LogP contribution in [0.3, 0.4) is 0 Å². The Morgan fingerprint density at radius 2 is 2.00 bits per heavy atom. The molecule has 5 nitrogen and oxygen atoms in total. The minimum Gasteiger partial charge on any atom is -0.379 e. The van der Waals surface area contributed by atoms with Gasteiger partial charge in [-0.25, -0.2) is 9.18 Å². The predicted octanol–water partition coefficient (Wildman–Crippen LogP) is 2.60. The van der Waals surface area contributed by atoms with Crippen LogP contribution >= 0.6 is 0 Å². The average Bonchev–Trinajstić information content (AvgIpc) is 2.97. The molecule has 2 aromatic rings. The number of halogens is 1. The number of amides is 2. The normalized spacial score (nSPS) is 20.2. The van der Waals surface area contributed by atoms with Gasteiger partial charge in [-0.2, -0.15) is 0 Å². The molecule has 23 heavy (non-hydrogen) atoms. The van der Waals surface area contributed by atoms with Gasteiger partial charge in [-0.15, -0.1) is 0 Å². The van der Waals surface area contributed by atoms with Crippen molar-refractivity contribution in [3.63, 3.8) is 0 Å². The largest absolute Gasteiger partial charge is 0.379 e. The lowest BCUT2D eigenvalue weighted by atomic mass is 9.95. The van der Waals surface area contributed by atoms with Gasteiger partial charge >= 0.3 is 6.03 Å². The summed E-state index contributed by atoms with van der Waals surface area (Å²) in [6.45, 7) is 1.05. The van der Waals surface area contributed by atoms with Crippen molar-refractivity contribution in [2.45, 2.75) is 12.5 Å². The first-order chi connectivity index (χ1) is 11.2. The van der Waals surface area contributed by atoms with E-state index in [2.05, 4.69) is 15.6 Å². The van der Waals surface area contributed by atoms with E-state index in [1.807, 2.05) is 12.1 Å². The van der Waals surface area contributed by atoms with Gasteiger partial charge in [0.15, 0.2) is 0 Å². The first kappa shape index (κ1) is 15.4. The van der Waals surface area contributed by atoms with Crippen molar-refractivity contribution < 1.29 is 13.9 Å². The Labute approximate surface area is 133 Å². The van der Waals surface area contributed by atoms with E-state index in [-0.39, 0.29) is 17.6 Å². The molecule has 1 aromatic heterocycles. The number of hydrogen-bond donors (Lipinski definition) is 2. The van der Waals surface area contributed by atoms with Crippen molar-refractivity contribution in [1.82, 2.24) is 10.3 Å². The highest BCUT2D eigenvalue weighted by Crippen LogP contribution is 2.19. The van der Waals surface area contributed by atoms with E-state index in [9.17, 15) is 9.18 Å². The van der Waals surface area contributed by atoms with Crippen molar-refractivity contribution in [3.05, 3.63) is 60.2 Å². The molecular formula is C17H18FN3O2. The molecule has 0 saturated carbocycles. The van der Waals surface area contributed by atoms with Gasteiger partial charge in [0, 0.05) is 18.3 Å². The number of rotatable bonds is 4. The summed E-state index contributed by atoms with van der Waals surface area (Å²) < 4.78 is 19.0. The standard InChI is InChI=1S/C17H18FN3O2/c18-14-3-1-2-4-15(14)20-17(22)21-16-11-23-10-13(16)9-12-5-7-19-8-6-12/h1-8,13,16H,9-11H2,(H2,20,21,22)/t13-,16+/m1/s1. The van der Waals surface area contributed by atoms with Crippen LogP contribution in [0.1, 0.15) is 5.56 Å². The van der Waals surface area contributed by atoms with Gasteiger partial charge in [-0.05, 0) is 36.2 Å². The van der Waals surface area contributed by atoms with E-state index >= 15 is 0 Å². The summed E-state index contributed by atoms with van der Waals surface area (Å²) in [6.07, 6.45) is 4.30. The SMILES string of the molecule is O=C(Nc1ccccc1F)N[C@H]1COC[C@H]1Cc1ccncc1. The number of nitrogens with one attached hydrogen (secondary N) is 2. The minimum absolute atomic E-state index is 0.102. The maximum absolute atomic E-state index is 13.6. The highest BCUT2D eigenvalue weighted by atomic mass is 19.1. The van der Waals surface area contributed by atoms with Crippen LogP contribution in [-0.4, -0.2) is 30.3 Å². The van der Waals surface area contributed by atoms with Gasteiger partial charge in [0.1, 0.15) is 5.82 Å². The van der Waals surface area contributed by atoms with E-state index in [0.717, 1.165) is 12.0 Å². The number of carbonyl (C=O) groups excluding carboxylic acids is 1. The second-order valence-corrected chi connectivity index (χ2v) is 5.54. The number of benzene rings is 1. The molecule has 2 atom stereocenters. The Hall–Kier alpha value is -2.47. The molecule has 2 heterocycles. The minimum atomic E-state index is -0.460. The summed E-state index contributed by atoms with van der Waals surface area (Å²) in [5.74, 6) is -0.276. The Morgan fingerprint density at radius 3 is 2.78 bits per heavy atom. The van der Waals surface area contributed by atoms with Crippen LogP contribution in [0, 0.1) is 11.7 Å². The fourth-order valence-electron chi connectivity index (χ4n) is 2.67. The molecule has 0 aliphatic carbocycles. The third-order valence-corrected chi connectivity index (χ3v) is 3.88. The summed E-state index contributed by atoms with van der Waals surface area (Å²) in [5.41, 5.74) is 1.31. The second kappa shape index (κ2) is 7.19. The molecule has 0 bridgehead atoms. The first-order valence-electron chi connectivity index (χ1n) is 7.51. The Morgan fingerprint density at radius 1 is 1.22 bits per heavy atom. The molecule has 0 spiro atoms. The number of anilines is 1. The molecule has 2 N–H and O–H groups in total. The maximum atomic E-state index is 13.6. The topological polar surface area (TPSA) is 63.2 Å². The van der Waals surface area contributed by atoms with Crippen LogP contribution in [0.2, 0.25) is 0 Å². The van der Waals surface area contributed by atoms with Gasteiger partial charge in [-0.1, -0.05) is 12.1 Å². The van der Waals surface area contributed by atoms with Gasteiger partial charge in [-0.3, -0.25) is 4.98 Å². The molecule has 6 heteroatoms. The lowest BCUT2D eigenvalue weighted by Gasteiger charge is -2.19. The molecule has 1 saturated heterocycles. The zero-order chi connectivity index (χ0) is 16.1. The number of ether oxygens (including phenoxy) is 1. The fourth-order valence-corrected chi connectivity index (χ4v) is 2.67. The van der Waals surface area contributed by atoms with Crippen molar-refractivity contribution >= 4 is 11.7 Å². The molecule has 1 fully saturated rings. The molecule has 0 unspecified atom stereocenters. The Bertz CT molecular complexity index is 666. The lowest BCUT2D eigenvalue weighted by molar-refractivity contribution is 0.182. The van der Waals surface area contributed by atoms with Crippen molar-refractivity contribution in [3.8, 4) is 0 Å². The summed E-state index contributed by atoms with van der Waals surface area (Å²) in [6, 6.07) is 9.45. The molecule has 3 rings (SSSR count). The number of carbonyl (C=O) groups is 1. The Kier molecular flexibility index (Phi) is 4.83. The number of urea groups is 1. The monoisotopic (exact) mass is 315 g/mol. The van der Waals surface area contributed by atoms with E-state index in [0.29, 0.717) is 13.2 Å². The van der Waals surface area contributed by atoms with Crippen LogP contribution in [-0.2, 0) is 11.2 Å². The smallest absolute Gasteiger partial charge is 0.319 e. The number of nitrogens with zero attached hydrogens (tertiary/aromatic N) is 1. The summed E-state index contributed by atoms with van der Waals surface area (Å²) in [7, 11) is 0. The summed E-state index contributed by atoms with van der Waals surface area (Å²) >= 11 is 0. The average molecular weight is 315 g/mol. The zero-order valence-electron chi connectivity index (χ0n) is 12.5. The summed E-state index contributed by atoms with van der Waals surface area (Å²) in [5, 5.41) is 5.40. The summed E-state index contributed by atoms with van der Waals surface area (Å²) in [4.78, 5) is 16.1. The van der Waals surface area contributed by atoms with Crippen LogP contribution in [0.4, 0.5) is 14.9 Å². The van der Waals surface area contributed by atoms with Crippen LogP contribution < -0.4 is 10.6 Å². The third-order valence-electron chi connectivity index (χ3n) is 3.88. The molecule has 1 aliphatic heterocycles. The second-order valence-electron chi connectivity index (χ2n) is 5.54. The van der Waals surface area contributed by atoms with Crippen LogP contribution in [0.5, 0.6) is 0 Å². The van der Waals surface area contributed by atoms with Crippen molar-refractivity contribution in [2.24, 2.45) is 5.92 Å². The molecule has 1 aromatic carbocycles. The van der Waals surface area contributed by atoms with E-state index in [1.165, 1.54) is 12.1 Å². The van der Waals surface area contributed by atoms with E-state index in [1.54, 1.807) is 24.5 Å². The van der Waals surface area contributed by atoms with Crippen molar-refractivity contribution in [1.29, 1.82) is 0 Å². The number of aromatic nitrogens is 1. The molecule has 0 radical (unpaired) electrons. The highest BCUT2D eigenvalue weighted by molar-refractivity contribution is 5.89. The molecular weight excluding hydrogens is 297 g/mol. The number of para-hydroxylation sites is 1. The van der Waals surface area contributed by atoms with Crippen LogP contribution in [0.15, 0.2) is 48.8 Å². The zero-order valence-corrected chi connectivity index (χ0v) is 12.5. The number of hydrogen-bond acceptors (Lipinski definition) is 3. The quantitative estimate of drug-likeness (QED) is 0.911. The highest BCUT2D eigenvalue weighted by Gasteiger charge is 2.29. The van der Waals surface area contributed by atoms with Gasteiger partial charge < -0.3 is 15.4 Å². The van der Waals surface area contributed by atoms with Crippen LogP contribution in [0.25, 0.3) is 0 Å². The third kappa shape index (κ3) is 4.04. The van der Waals surface area contributed by atoms with E-state index in [4.69, 9.17) is 4.74 Å². The first-order valence-corrected chi connectivity index (χ1v) is 7.51.